The summed E-state index contributed by atoms with van der Waals surface area (Å²) in [6.45, 7) is 4.29. The number of halogens is 2. The van der Waals surface area contributed by atoms with E-state index in [-0.39, 0.29) is 5.41 Å². The summed E-state index contributed by atoms with van der Waals surface area (Å²) in [7, 11) is 0. The van der Waals surface area contributed by atoms with Crippen LogP contribution in [0.1, 0.15) is 25.3 Å². The Hall–Kier alpha value is -0.720. The molecule has 0 saturated heterocycles. The second kappa shape index (κ2) is 5.50. The van der Waals surface area contributed by atoms with Gasteiger partial charge in [0.2, 0.25) is 0 Å². The molecule has 96 valence electrons. The molecule has 1 atom stereocenters. The van der Waals surface area contributed by atoms with E-state index in [1.807, 2.05) is 6.07 Å². The highest BCUT2D eigenvalue weighted by Crippen LogP contribution is 2.42. The van der Waals surface area contributed by atoms with E-state index in [2.05, 4.69) is 50.3 Å². The fourth-order valence-electron chi connectivity index (χ4n) is 2.53. The first kappa shape index (κ1) is 13.7. The molecule has 1 unspecified atom stereocenters. The van der Waals surface area contributed by atoms with Crippen LogP contribution in [0.4, 0.5) is 0 Å². The van der Waals surface area contributed by atoms with Gasteiger partial charge in [-0.15, -0.1) is 23.2 Å². The van der Waals surface area contributed by atoms with Gasteiger partial charge in [-0.1, -0.05) is 53.6 Å². The summed E-state index contributed by atoms with van der Waals surface area (Å²) in [5, 5.41) is 0. The van der Waals surface area contributed by atoms with Crippen LogP contribution >= 0.6 is 23.2 Å². The van der Waals surface area contributed by atoms with Gasteiger partial charge in [0.15, 0.2) is 0 Å². The van der Waals surface area contributed by atoms with Gasteiger partial charge in [0.1, 0.15) is 0 Å². The molecular weight excluding hydrogens is 263 g/mol. The van der Waals surface area contributed by atoms with Crippen molar-refractivity contribution in [2.45, 2.75) is 19.8 Å². The second-order valence-corrected chi connectivity index (χ2v) is 5.58. The van der Waals surface area contributed by atoms with E-state index in [0.29, 0.717) is 17.7 Å². The Kier molecular flexibility index (Phi) is 4.19. The van der Waals surface area contributed by atoms with Crippen molar-refractivity contribution in [2.75, 3.05) is 11.8 Å². The lowest BCUT2D eigenvalue weighted by atomic mass is 9.73. The van der Waals surface area contributed by atoms with E-state index in [9.17, 15) is 0 Å². The second-order valence-electron chi connectivity index (χ2n) is 5.05. The lowest BCUT2D eigenvalue weighted by molar-refractivity contribution is 0.568. The van der Waals surface area contributed by atoms with Crippen LogP contribution in [0.3, 0.4) is 0 Å². The quantitative estimate of drug-likeness (QED) is 0.531. The lowest BCUT2D eigenvalue weighted by Gasteiger charge is -2.34. The number of benzene rings is 1. The number of hydrogen-bond acceptors (Lipinski definition) is 0. The predicted octanol–water partition coefficient (Wildman–Crippen LogP) is 5.14. The molecule has 1 aliphatic rings. The third kappa shape index (κ3) is 2.37. The van der Waals surface area contributed by atoms with Gasteiger partial charge in [-0.2, -0.15) is 0 Å². The van der Waals surface area contributed by atoms with Crippen LogP contribution in [0.15, 0.2) is 53.6 Å². The minimum atomic E-state index is -0.168. The Balaban J connectivity index is 2.40. The summed E-state index contributed by atoms with van der Waals surface area (Å²) in [5.41, 5.74) is 3.75. The van der Waals surface area contributed by atoms with Gasteiger partial charge in [-0.25, -0.2) is 0 Å². The molecule has 0 amide bonds. The van der Waals surface area contributed by atoms with E-state index in [1.165, 1.54) is 16.7 Å². The monoisotopic (exact) mass is 280 g/mol. The van der Waals surface area contributed by atoms with Gasteiger partial charge >= 0.3 is 0 Å². The van der Waals surface area contributed by atoms with Gasteiger partial charge in [0.05, 0.1) is 0 Å². The average molecular weight is 281 g/mol. The van der Waals surface area contributed by atoms with E-state index in [1.54, 1.807) is 0 Å². The zero-order valence-electron chi connectivity index (χ0n) is 10.8. The zero-order chi connectivity index (χ0) is 13.2. The predicted molar refractivity (Wildman–Crippen MR) is 80.6 cm³/mol. The first-order valence-electron chi connectivity index (χ1n) is 6.18. The van der Waals surface area contributed by atoms with E-state index in [0.717, 1.165) is 0 Å². The molecular formula is C16H18Cl2. The third-order valence-corrected chi connectivity index (χ3v) is 4.79. The molecule has 0 fully saturated rings. The Bertz CT molecular complexity index is 467. The number of alkyl halides is 2. The maximum absolute atomic E-state index is 6.12. The molecule has 1 aromatic carbocycles. The zero-order valence-corrected chi connectivity index (χ0v) is 12.3. The van der Waals surface area contributed by atoms with Crippen LogP contribution < -0.4 is 0 Å². The highest BCUT2D eigenvalue weighted by Gasteiger charge is 2.33. The summed E-state index contributed by atoms with van der Waals surface area (Å²) in [5.74, 6) is 1.43. The maximum Gasteiger partial charge on any atom is 0.0363 e. The minimum Gasteiger partial charge on any atom is -0.125 e. The Morgan fingerprint density at radius 3 is 2.22 bits per heavy atom. The summed E-state index contributed by atoms with van der Waals surface area (Å²) < 4.78 is 0. The molecule has 0 radical (unpaired) electrons. The molecule has 0 saturated carbocycles. The highest BCUT2D eigenvalue weighted by molar-refractivity contribution is 6.22. The van der Waals surface area contributed by atoms with Crippen molar-refractivity contribution in [3.63, 3.8) is 0 Å². The van der Waals surface area contributed by atoms with Crippen molar-refractivity contribution < 1.29 is 0 Å². The standard InChI is InChI=1S/C16H18Cl2/c1-12-9-16(10-17,11-18)13(2)8-15(12)14-6-4-3-5-7-14/h3-9,15H,10-11H2,1-2H3. The van der Waals surface area contributed by atoms with E-state index >= 15 is 0 Å². The Labute approximate surface area is 119 Å². The molecule has 2 rings (SSSR count). The van der Waals surface area contributed by atoms with Crippen LogP contribution in [-0.2, 0) is 0 Å². The van der Waals surface area contributed by atoms with Crippen LogP contribution in [0, 0.1) is 5.41 Å². The summed E-state index contributed by atoms with van der Waals surface area (Å²) in [4.78, 5) is 0. The molecule has 1 aromatic rings. The third-order valence-electron chi connectivity index (χ3n) is 3.83. The first-order chi connectivity index (χ1) is 8.63. The van der Waals surface area contributed by atoms with Gasteiger partial charge in [0.25, 0.3) is 0 Å². The van der Waals surface area contributed by atoms with Crippen molar-refractivity contribution in [3.8, 4) is 0 Å². The fraction of sp³-hybridized carbons (Fsp3) is 0.375. The Morgan fingerprint density at radius 2 is 1.67 bits per heavy atom. The van der Waals surface area contributed by atoms with Crippen LogP contribution in [0.5, 0.6) is 0 Å². The molecule has 0 aromatic heterocycles. The number of allylic oxidation sites excluding steroid dienone is 4. The van der Waals surface area contributed by atoms with Crippen molar-refractivity contribution in [3.05, 3.63) is 59.2 Å². The van der Waals surface area contributed by atoms with Crippen molar-refractivity contribution in [1.29, 1.82) is 0 Å². The van der Waals surface area contributed by atoms with E-state index < -0.39 is 0 Å². The minimum absolute atomic E-state index is 0.168. The van der Waals surface area contributed by atoms with Crippen molar-refractivity contribution in [1.82, 2.24) is 0 Å². The highest BCUT2D eigenvalue weighted by atomic mass is 35.5. The smallest absolute Gasteiger partial charge is 0.0363 e. The molecule has 18 heavy (non-hydrogen) atoms. The lowest BCUT2D eigenvalue weighted by Crippen LogP contribution is -2.28. The number of hydrogen-bond donors (Lipinski definition) is 0. The average Bonchev–Trinajstić information content (AvgIpc) is 2.42. The van der Waals surface area contributed by atoms with E-state index in [4.69, 9.17) is 23.2 Å². The van der Waals surface area contributed by atoms with Crippen LogP contribution in [0.2, 0.25) is 0 Å². The van der Waals surface area contributed by atoms with Crippen molar-refractivity contribution in [2.24, 2.45) is 5.41 Å². The first-order valence-corrected chi connectivity index (χ1v) is 7.25. The molecule has 0 spiro atoms. The summed E-state index contributed by atoms with van der Waals surface area (Å²) >= 11 is 12.2. The van der Waals surface area contributed by atoms with Gasteiger partial charge < -0.3 is 0 Å². The molecule has 0 N–H and O–H groups in total. The van der Waals surface area contributed by atoms with Crippen molar-refractivity contribution >= 4 is 23.2 Å². The number of rotatable bonds is 3. The molecule has 2 heteroatoms. The maximum atomic E-state index is 6.12. The molecule has 0 heterocycles. The van der Waals surface area contributed by atoms with Gasteiger partial charge in [-0.05, 0) is 19.4 Å². The Morgan fingerprint density at radius 1 is 1.06 bits per heavy atom. The van der Waals surface area contributed by atoms with Gasteiger partial charge in [-0.3, -0.25) is 0 Å². The summed E-state index contributed by atoms with van der Waals surface area (Å²) in [6, 6.07) is 10.5. The van der Waals surface area contributed by atoms with Crippen LogP contribution in [0.25, 0.3) is 0 Å². The largest absolute Gasteiger partial charge is 0.125 e. The van der Waals surface area contributed by atoms with Gasteiger partial charge in [0, 0.05) is 23.1 Å². The van der Waals surface area contributed by atoms with Crippen LogP contribution in [-0.4, -0.2) is 11.8 Å². The molecule has 0 bridgehead atoms. The topological polar surface area (TPSA) is 0 Å². The SMILES string of the molecule is CC1=CC(CCl)(CCl)C(C)=CC1c1ccccc1. The molecule has 0 aliphatic heterocycles. The fourth-order valence-corrected chi connectivity index (χ4v) is 3.39. The summed E-state index contributed by atoms with van der Waals surface area (Å²) in [6.07, 6.45) is 4.55. The molecule has 1 aliphatic carbocycles. The molecule has 0 nitrogen and oxygen atoms in total. The normalized spacial score (nSPS) is 22.3.